The highest BCUT2D eigenvalue weighted by Gasteiger charge is 2.24. The topological polar surface area (TPSA) is 64.6 Å². The third-order valence-electron chi connectivity index (χ3n) is 2.97. The van der Waals surface area contributed by atoms with Gasteiger partial charge in [0, 0.05) is 0 Å². The molecule has 1 N–H and O–H groups in total. The summed E-state index contributed by atoms with van der Waals surface area (Å²) in [5, 5.41) is 2.40. The molecule has 17 heavy (non-hydrogen) atoms. The minimum Gasteiger partial charge on any atom is -0.465 e. The Kier molecular flexibility index (Phi) is 5.80. The summed E-state index contributed by atoms with van der Waals surface area (Å²) in [5.41, 5.74) is 0. The van der Waals surface area contributed by atoms with E-state index in [2.05, 4.69) is 12.2 Å². The van der Waals surface area contributed by atoms with Gasteiger partial charge in [-0.3, -0.25) is 4.79 Å². The van der Waals surface area contributed by atoms with Crippen molar-refractivity contribution in [2.75, 3.05) is 13.2 Å². The van der Waals surface area contributed by atoms with Crippen LogP contribution < -0.4 is 5.32 Å². The lowest BCUT2D eigenvalue weighted by atomic mass is 9.88. The smallest absolute Gasteiger partial charge is 0.407 e. The molecule has 0 bridgehead atoms. The number of alkyl carbamates (subject to hydrolysis) is 1. The first kappa shape index (κ1) is 13.8. The minimum absolute atomic E-state index is 0.0223. The normalized spacial score (nSPS) is 23.9. The van der Waals surface area contributed by atoms with E-state index in [1.54, 1.807) is 6.92 Å². The predicted molar refractivity (Wildman–Crippen MR) is 62.5 cm³/mol. The average Bonchev–Trinajstić information content (AvgIpc) is 2.30. The molecule has 5 nitrogen and oxygen atoms in total. The van der Waals surface area contributed by atoms with Crippen LogP contribution in [0.2, 0.25) is 0 Å². The zero-order valence-corrected chi connectivity index (χ0v) is 10.5. The summed E-state index contributed by atoms with van der Waals surface area (Å²) in [5.74, 6) is -0.0433. The summed E-state index contributed by atoms with van der Waals surface area (Å²) in [6.45, 7) is 3.99. The van der Waals surface area contributed by atoms with Crippen LogP contribution in [0.4, 0.5) is 4.79 Å². The first-order chi connectivity index (χ1) is 8.13. The largest absolute Gasteiger partial charge is 0.465 e. The molecule has 2 unspecified atom stereocenters. The zero-order valence-electron chi connectivity index (χ0n) is 10.5. The van der Waals surface area contributed by atoms with Gasteiger partial charge in [0.25, 0.3) is 0 Å². The third-order valence-corrected chi connectivity index (χ3v) is 2.97. The van der Waals surface area contributed by atoms with E-state index < -0.39 is 12.1 Å². The van der Waals surface area contributed by atoms with E-state index in [4.69, 9.17) is 9.47 Å². The van der Waals surface area contributed by atoms with E-state index in [9.17, 15) is 9.59 Å². The van der Waals surface area contributed by atoms with Gasteiger partial charge in [0.15, 0.2) is 0 Å². The number of carbonyl (C=O) groups is 2. The molecule has 0 aromatic rings. The zero-order chi connectivity index (χ0) is 12.7. The average molecular weight is 243 g/mol. The standard InChI is InChI=1S/C12H21NO4/c1-3-16-11(14)8-13-12(15)17-10-7-5-4-6-9(10)2/h9-10H,3-8H2,1-2H3,(H,13,15). The van der Waals surface area contributed by atoms with Crippen LogP contribution in [-0.2, 0) is 14.3 Å². The monoisotopic (exact) mass is 243 g/mol. The second-order valence-corrected chi connectivity index (χ2v) is 4.36. The maximum atomic E-state index is 11.4. The van der Waals surface area contributed by atoms with Crippen molar-refractivity contribution in [2.24, 2.45) is 5.92 Å². The Bertz CT molecular complexity index is 267. The maximum Gasteiger partial charge on any atom is 0.407 e. The number of hydrogen-bond acceptors (Lipinski definition) is 4. The molecule has 1 rings (SSSR count). The summed E-state index contributed by atoms with van der Waals surface area (Å²) >= 11 is 0. The van der Waals surface area contributed by atoms with Gasteiger partial charge < -0.3 is 14.8 Å². The molecular formula is C12H21NO4. The molecule has 0 aliphatic heterocycles. The van der Waals surface area contributed by atoms with E-state index in [0.717, 1.165) is 19.3 Å². The highest BCUT2D eigenvalue weighted by molar-refractivity contribution is 5.77. The molecule has 0 heterocycles. The van der Waals surface area contributed by atoms with Crippen LogP contribution in [0, 0.1) is 5.92 Å². The van der Waals surface area contributed by atoms with Crippen molar-refractivity contribution in [2.45, 2.75) is 45.6 Å². The summed E-state index contributed by atoms with van der Waals surface area (Å²) in [6, 6.07) is 0. The Balaban J connectivity index is 2.22. The highest BCUT2D eigenvalue weighted by atomic mass is 16.6. The molecule has 1 saturated carbocycles. The van der Waals surface area contributed by atoms with E-state index in [1.165, 1.54) is 6.42 Å². The number of amides is 1. The fraction of sp³-hybridized carbons (Fsp3) is 0.833. The Morgan fingerprint density at radius 3 is 2.65 bits per heavy atom. The van der Waals surface area contributed by atoms with Gasteiger partial charge in [-0.15, -0.1) is 0 Å². The van der Waals surface area contributed by atoms with Gasteiger partial charge in [0.1, 0.15) is 12.6 Å². The van der Waals surface area contributed by atoms with Crippen LogP contribution in [0.3, 0.4) is 0 Å². The number of esters is 1. The van der Waals surface area contributed by atoms with Crippen LogP contribution >= 0.6 is 0 Å². The second-order valence-electron chi connectivity index (χ2n) is 4.36. The summed E-state index contributed by atoms with van der Waals surface area (Å²) in [7, 11) is 0. The minimum atomic E-state index is -0.531. The van der Waals surface area contributed by atoms with Crippen LogP contribution in [0.1, 0.15) is 39.5 Å². The first-order valence-corrected chi connectivity index (χ1v) is 6.23. The Morgan fingerprint density at radius 1 is 1.29 bits per heavy atom. The lowest BCUT2D eigenvalue weighted by Crippen LogP contribution is -2.36. The van der Waals surface area contributed by atoms with Crippen LogP contribution in [-0.4, -0.2) is 31.3 Å². The second kappa shape index (κ2) is 7.14. The summed E-state index contributed by atoms with van der Waals surface area (Å²) in [4.78, 5) is 22.4. The van der Waals surface area contributed by atoms with Crippen molar-refractivity contribution in [3.8, 4) is 0 Å². The molecule has 1 amide bonds. The van der Waals surface area contributed by atoms with Gasteiger partial charge in [-0.1, -0.05) is 13.3 Å². The van der Waals surface area contributed by atoms with Crippen LogP contribution in [0.5, 0.6) is 0 Å². The van der Waals surface area contributed by atoms with Gasteiger partial charge in [-0.2, -0.15) is 0 Å². The lowest BCUT2D eigenvalue weighted by molar-refractivity contribution is -0.141. The van der Waals surface area contributed by atoms with Crippen molar-refractivity contribution in [3.63, 3.8) is 0 Å². The SMILES string of the molecule is CCOC(=O)CNC(=O)OC1CCCCC1C. The molecule has 5 heteroatoms. The van der Waals surface area contributed by atoms with Crippen molar-refractivity contribution in [1.82, 2.24) is 5.32 Å². The fourth-order valence-electron chi connectivity index (χ4n) is 1.99. The van der Waals surface area contributed by atoms with E-state index >= 15 is 0 Å². The van der Waals surface area contributed by atoms with Gasteiger partial charge in [-0.25, -0.2) is 4.79 Å². The molecule has 0 aromatic carbocycles. The molecule has 1 aliphatic carbocycles. The van der Waals surface area contributed by atoms with E-state index in [0.29, 0.717) is 12.5 Å². The molecule has 0 spiro atoms. The molecule has 0 radical (unpaired) electrons. The molecular weight excluding hydrogens is 222 g/mol. The quantitative estimate of drug-likeness (QED) is 0.765. The highest BCUT2D eigenvalue weighted by Crippen LogP contribution is 2.26. The van der Waals surface area contributed by atoms with Crippen molar-refractivity contribution in [1.29, 1.82) is 0 Å². The lowest BCUT2D eigenvalue weighted by Gasteiger charge is -2.28. The van der Waals surface area contributed by atoms with Gasteiger partial charge in [0.05, 0.1) is 6.61 Å². The fourth-order valence-corrected chi connectivity index (χ4v) is 1.99. The molecule has 2 atom stereocenters. The number of carbonyl (C=O) groups excluding carboxylic acids is 2. The Hall–Kier alpha value is -1.26. The van der Waals surface area contributed by atoms with Crippen LogP contribution in [0.25, 0.3) is 0 Å². The first-order valence-electron chi connectivity index (χ1n) is 6.23. The molecule has 0 aromatic heterocycles. The van der Waals surface area contributed by atoms with E-state index in [-0.39, 0.29) is 12.6 Å². The number of ether oxygens (including phenoxy) is 2. The van der Waals surface area contributed by atoms with Crippen molar-refractivity contribution in [3.05, 3.63) is 0 Å². The molecule has 1 aliphatic rings. The Morgan fingerprint density at radius 2 is 2.00 bits per heavy atom. The van der Waals surface area contributed by atoms with Crippen molar-refractivity contribution < 1.29 is 19.1 Å². The predicted octanol–water partition coefficient (Wildman–Crippen LogP) is 1.85. The van der Waals surface area contributed by atoms with E-state index in [1.807, 2.05) is 0 Å². The molecule has 1 fully saturated rings. The van der Waals surface area contributed by atoms with Gasteiger partial charge in [-0.05, 0) is 32.1 Å². The van der Waals surface area contributed by atoms with Crippen LogP contribution in [0.15, 0.2) is 0 Å². The van der Waals surface area contributed by atoms with Gasteiger partial charge in [0.2, 0.25) is 0 Å². The summed E-state index contributed by atoms with van der Waals surface area (Å²) in [6.07, 6.45) is 3.75. The number of nitrogens with one attached hydrogen (secondary N) is 1. The number of rotatable bonds is 4. The third kappa shape index (κ3) is 5.06. The molecule has 98 valence electrons. The van der Waals surface area contributed by atoms with Gasteiger partial charge >= 0.3 is 12.1 Å². The molecule has 0 saturated heterocycles. The number of hydrogen-bond donors (Lipinski definition) is 1. The maximum absolute atomic E-state index is 11.4. The summed E-state index contributed by atoms with van der Waals surface area (Å²) < 4.78 is 9.97. The van der Waals surface area contributed by atoms with Crippen molar-refractivity contribution >= 4 is 12.1 Å². The Labute approximate surface area is 102 Å².